The second-order valence-electron chi connectivity index (χ2n) is 2.22. The third kappa shape index (κ3) is 2.58. The molecule has 0 saturated carbocycles. The van der Waals surface area contributed by atoms with Gasteiger partial charge in [0.2, 0.25) is 0 Å². The Kier molecular flexibility index (Phi) is 2.48. The summed E-state index contributed by atoms with van der Waals surface area (Å²) in [6.07, 6.45) is 1.63. The van der Waals surface area contributed by atoms with E-state index in [0.29, 0.717) is 4.59 Å². The first-order chi connectivity index (χ1) is 3.62. The van der Waals surface area contributed by atoms with Crippen molar-refractivity contribution in [2.24, 2.45) is 0 Å². The molecule has 0 aromatic carbocycles. The molecular formula is C5H12N2O+. The molecule has 0 aliphatic rings. The van der Waals surface area contributed by atoms with Gasteiger partial charge < -0.3 is 0 Å². The molecule has 1 radical (unpaired) electrons. The first-order valence-electron chi connectivity index (χ1n) is 2.60. The van der Waals surface area contributed by atoms with Crippen LogP contribution >= 0.6 is 0 Å². The van der Waals surface area contributed by atoms with Gasteiger partial charge in [0.25, 0.3) is 0 Å². The van der Waals surface area contributed by atoms with E-state index < -0.39 is 0 Å². The molecule has 3 heteroatoms. The van der Waals surface area contributed by atoms with Gasteiger partial charge in [-0.3, -0.25) is 4.79 Å². The summed E-state index contributed by atoms with van der Waals surface area (Å²) in [5, 5.41) is 0. The molecule has 1 N–H and O–H groups in total. The molecule has 0 aliphatic heterocycles. The Balaban J connectivity index is 3.53. The van der Waals surface area contributed by atoms with Crippen molar-refractivity contribution in [3.8, 4) is 0 Å². The molecule has 1 amide bonds. The molecule has 0 aromatic rings. The summed E-state index contributed by atoms with van der Waals surface area (Å²) < 4.78 is 0.490. The summed E-state index contributed by atoms with van der Waals surface area (Å²) in [5.74, 6) is 0. The quantitative estimate of drug-likeness (QED) is 0.305. The molecule has 0 aliphatic carbocycles. The van der Waals surface area contributed by atoms with Crippen LogP contribution in [0.5, 0.6) is 0 Å². The smallest absolute Gasteiger partial charge is 0.258 e. The Morgan fingerprint density at radius 3 is 2.25 bits per heavy atom. The van der Waals surface area contributed by atoms with Crippen LogP contribution in [0.25, 0.3) is 0 Å². The zero-order valence-electron chi connectivity index (χ0n) is 5.56. The van der Waals surface area contributed by atoms with E-state index in [-0.39, 0.29) is 0 Å². The van der Waals surface area contributed by atoms with Crippen molar-refractivity contribution in [2.75, 3.05) is 20.6 Å². The van der Waals surface area contributed by atoms with Crippen molar-refractivity contribution >= 4 is 6.41 Å². The number of rotatable bonds is 3. The predicted octanol–water partition coefficient (Wildman–Crippen LogP) is -0.346. The molecule has 0 spiro atoms. The van der Waals surface area contributed by atoms with Crippen molar-refractivity contribution in [2.45, 2.75) is 6.92 Å². The molecule has 0 bridgehead atoms. The number of hydrogen-bond acceptors (Lipinski definition) is 1. The predicted molar refractivity (Wildman–Crippen MR) is 31.5 cm³/mol. The van der Waals surface area contributed by atoms with Crippen LogP contribution in [0.15, 0.2) is 0 Å². The zero-order chi connectivity index (χ0) is 6.62. The van der Waals surface area contributed by atoms with E-state index in [1.807, 2.05) is 21.0 Å². The Hall–Kier alpha value is -0.570. The van der Waals surface area contributed by atoms with Gasteiger partial charge in [0.15, 0.2) is 0 Å². The van der Waals surface area contributed by atoms with E-state index in [1.54, 1.807) is 6.41 Å². The first kappa shape index (κ1) is 7.43. The first-order valence-corrected chi connectivity index (χ1v) is 2.60. The second kappa shape index (κ2) is 2.67. The largest absolute Gasteiger partial charge is 0.358 e. The lowest BCUT2D eigenvalue weighted by Gasteiger charge is -2.23. The van der Waals surface area contributed by atoms with E-state index in [1.165, 1.54) is 0 Å². The monoisotopic (exact) mass is 116 g/mol. The van der Waals surface area contributed by atoms with E-state index in [2.05, 4.69) is 5.43 Å². The third-order valence-corrected chi connectivity index (χ3v) is 1.14. The Labute approximate surface area is 49.9 Å². The Bertz CT molecular complexity index is 80.5. The lowest BCUT2D eigenvalue weighted by Crippen LogP contribution is -2.50. The van der Waals surface area contributed by atoms with Gasteiger partial charge in [0.05, 0.1) is 20.6 Å². The summed E-state index contributed by atoms with van der Waals surface area (Å²) in [4.78, 5) is 9.73. The van der Waals surface area contributed by atoms with Crippen molar-refractivity contribution in [1.29, 1.82) is 0 Å². The van der Waals surface area contributed by atoms with Crippen LogP contribution in [-0.2, 0) is 4.79 Å². The number of nitrogens with zero attached hydrogens (tertiary/aromatic N) is 1. The fourth-order valence-corrected chi connectivity index (χ4v) is 0.203. The van der Waals surface area contributed by atoms with Crippen LogP contribution in [0.3, 0.4) is 0 Å². The highest BCUT2D eigenvalue weighted by molar-refractivity contribution is 5.44. The lowest BCUT2D eigenvalue weighted by atomic mass is 10.6. The van der Waals surface area contributed by atoms with Crippen molar-refractivity contribution in [3.63, 3.8) is 0 Å². The minimum atomic E-state index is 0.490. The van der Waals surface area contributed by atoms with Crippen LogP contribution in [0.1, 0.15) is 6.92 Å². The lowest BCUT2D eigenvalue weighted by molar-refractivity contribution is -0.921. The molecule has 0 rings (SSSR count). The van der Waals surface area contributed by atoms with Gasteiger partial charge in [-0.15, -0.1) is 0 Å². The highest BCUT2D eigenvalue weighted by Gasteiger charge is 2.08. The number of quaternary nitrogens is 1. The second-order valence-corrected chi connectivity index (χ2v) is 2.22. The molecule has 0 unspecified atom stereocenters. The molecule has 0 atom stereocenters. The molecule has 0 saturated heterocycles. The van der Waals surface area contributed by atoms with Crippen molar-refractivity contribution < 1.29 is 9.39 Å². The molecule has 0 heterocycles. The third-order valence-electron chi connectivity index (χ3n) is 1.14. The minimum Gasteiger partial charge on any atom is -0.258 e. The average molecular weight is 116 g/mol. The summed E-state index contributed by atoms with van der Waals surface area (Å²) in [5.41, 5.74) is 2.50. The number of nitrogens with one attached hydrogen (secondary N) is 1. The Morgan fingerprint density at radius 2 is 2.12 bits per heavy atom. The summed E-state index contributed by atoms with van der Waals surface area (Å²) >= 11 is 0. The maximum Gasteiger partial charge on any atom is 0.358 e. The van der Waals surface area contributed by atoms with Crippen LogP contribution in [-0.4, -0.2) is 31.6 Å². The highest BCUT2D eigenvalue weighted by atomic mass is 16.1. The molecule has 0 fully saturated rings. The van der Waals surface area contributed by atoms with Crippen molar-refractivity contribution in [3.05, 3.63) is 0 Å². The number of amides is 1. The maximum absolute atomic E-state index is 9.73. The van der Waals surface area contributed by atoms with Gasteiger partial charge in [0, 0.05) is 0 Å². The number of carbonyl (C=O) groups excluding carboxylic acids is 1. The van der Waals surface area contributed by atoms with Gasteiger partial charge in [0.1, 0.15) is 0 Å². The highest BCUT2D eigenvalue weighted by Crippen LogP contribution is 1.84. The molecule has 0 aromatic heterocycles. The topological polar surface area (TPSA) is 29.1 Å². The summed E-state index contributed by atoms with van der Waals surface area (Å²) in [6.45, 7) is 2.86. The zero-order valence-corrected chi connectivity index (χ0v) is 5.56. The van der Waals surface area contributed by atoms with Crippen LogP contribution < -0.4 is 5.43 Å². The van der Waals surface area contributed by atoms with E-state index in [4.69, 9.17) is 0 Å². The standard InChI is InChI=1S/C5H12N2O/c1-4-7(2,3)6-5-8/h4H2,1-3H3,(H,6,8)/q+1. The molecule has 3 nitrogen and oxygen atoms in total. The van der Waals surface area contributed by atoms with E-state index in [9.17, 15) is 4.79 Å². The summed E-state index contributed by atoms with van der Waals surface area (Å²) in [6, 6.07) is 0. The van der Waals surface area contributed by atoms with Gasteiger partial charge in [-0.05, 0) is 6.92 Å². The fourth-order valence-electron chi connectivity index (χ4n) is 0.203. The maximum atomic E-state index is 9.73. The Morgan fingerprint density at radius 1 is 1.62 bits per heavy atom. The van der Waals surface area contributed by atoms with Crippen LogP contribution in [0, 0.1) is 0 Å². The molecular weight excluding hydrogens is 104 g/mol. The van der Waals surface area contributed by atoms with E-state index >= 15 is 0 Å². The minimum absolute atomic E-state index is 0.490. The van der Waals surface area contributed by atoms with Crippen molar-refractivity contribution in [1.82, 2.24) is 5.43 Å². The molecule has 8 heavy (non-hydrogen) atoms. The van der Waals surface area contributed by atoms with Gasteiger partial charge >= 0.3 is 6.41 Å². The average Bonchev–Trinajstić information content (AvgIpc) is 1.67. The van der Waals surface area contributed by atoms with Crippen LogP contribution in [0.4, 0.5) is 0 Å². The summed E-state index contributed by atoms with van der Waals surface area (Å²) in [7, 11) is 3.79. The van der Waals surface area contributed by atoms with Gasteiger partial charge in [-0.2, -0.15) is 5.43 Å². The fraction of sp³-hybridized carbons (Fsp3) is 0.800. The SMILES string of the molecule is CC[N+](C)(C)N[C]=O. The number of hydrogen-bond donors (Lipinski definition) is 1. The van der Waals surface area contributed by atoms with Gasteiger partial charge in [-0.1, -0.05) is 0 Å². The molecule has 47 valence electrons. The van der Waals surface area contributed by atoms with Crippen LogP contribution in [0.2, 0.25) is 0 Å². The normalized spacial score (nSPS) is 10.9. The van der Waals surface area contributed by atoms with Gasteiger partial charge in [-0.25, -0.2) is 4.59 Å². The van der Waals surface area contributed by atoms with E-state index in [0.717, 1.165) is 6.54 Å².